The lowest BCUT2D eigenvalue weighted by Gasteiger charge is -2.06. The molecule has 0 aliphatic carbocycles. The zero-order valence-corrected chi connectivity index (χ0v) is 26.6. The molecule has 6 aromatic heterocycles. The fourth-order valence-corrected chi connectivity index (χ4v) is 5.03. The van der Waals surface area contributed by atoms with Gasteiger partial charge in [0.2, 0.25) is 0 Å². The number of carbonyl (C=O) groups is 2. The predicted octanol–water partition coefficient (Wildman–Crippen LogP) is 7.66. The first-order chi connectivity index (χ1) is 23.1. The maximum Gasteiger partial charge on any atom is 0.287 e. The SMILES string of the molecule is CC(F)(F)c1csc(CC(=O)c2cc(Oc3cccnc3)ccn2)n1.Cc1cc(CC(=O)c2cc(Oc3cccnc3)ccn2)ccn1. The molecular weight excluding hydrogens is 638 g/mol. The minimum absolute atomic E-state index is 0.0627. The third-order valence-electron chi connectivity index (χ3n) is 6.41. The van der Waals surface area contributed by atoms with Crippen molar-refractivity contribution in [1.29, 1.82) is 0 Å². The minimum atomic E-state index is -3.02. The molecule has 0 spiro atoms. The molecule has 0 aromatic carbocycles. The molecule has 13 heteroatoms. The van der Waals surface area contributed by atoms with E-state index in [1.807, 2.05) is 19.1 Å². The lowest BCUT2D eigenvalue weighted by atomic mass is 10.1. The van der Waals surface area contributed by atoms with E-state index < -0.39 is 5.92 Å². The van der Waals surface area contributed by atoms with Gasteiger partial charge >= 0.3 is 0 Å². The molecule has 6 aromatic rings. The van der Waals surface area contributed by atoms with Crippen LogP contribution in [0.2, 0.25) is 0 Å². The Hall–Kier alpha value is -5.82. The number of hydrogen-bond acceptors (Lipinski definition) is 11. The summed E-state index contributed by atoms with van der Waals surface area (Å²) in [6.45, 7) is 2.67. The number of pyridine rings is 5. The number of halogens is 2. The molecule has 0 atom stereocenters. The van der Waals surface area contributed by atoms with E-state index in [1.54, 1.807) is 79.6 Å². The van der Waals surface area contributed by atoms with E-state index in [0.717, 1.165) is 29.5 Å². The number of hydrogen-bond donors (Lipinski definition) is 0. The number of alkyl halides is 2. The second kappa shape index (κ2) is 15.6. The fraction of sp³-hybridized carbons (Fsp3) is 0.143. The highest BCUT2D eigenvalue weighted by Crippen LogP contribution is 2.28. The van der Waals surface area contributed by atoms with Crippen molar-refractivity contribution in [2.24, 2.45) is 0 Å². The molecule has 6 heterocycles. The standard InChI is InChI=1S/C18H15N3O2.C17H13F2N3O2S/c1-13-9-14(4-7-20-13)10-18(22)17-11-15(5-8-21-17)23-16-3-2-6-19-12-16;1-17(18,19)15-10-25-16(22-15)8-14(23)13-7-11(4-6-21-13)24-12-3-2-5-20-9-12/h2-9,11-12H,10H2,1H3;2-7,9-10H,8H2,1H3. The lowest BCUT2D eigenvalue weighted by Crippen LogP contribution is -2.09. The molecule has 0 aliphatic rings. The highest BCUT2D eigenvalue weighted by molar-refractivity contribution is 7.09. The summed E-state index contributed by atoms with van der Waals surface area (Å²) in [5.74, 6) is -1.27. The number of carbonyl (C=O) groups excluding carboxylic acids is 2. The zero-order chi connectivity index (χ0) is 33.9. The van der Waals surface area contributed by atoms with E-state index >= 15 is 0 Å². The number of ether oxygens (including phenoxy) is 2. The number of ketones is 2. The topological polar surface area (TPSA) is 130 Å². The number of rotatable bonds is 11. The van der Waals surface area contributed by atoms with Gasteiger partial charge in [0.1, 0.15) is 45.1 Å². The summed E-state index contributed by atoms with van der Waals surface area (Å²) in [4.78, 5) is 48.7. The van der Waals surface area contributed by atoms with Gasteiger partial charge in [-0.05, 0) is 61.0 Å². The lowest BCUT2D eigenvalue weighted by molar-refractivity contribution is 0.0132. The molecule has 0 saturated carbocycles. The number of Topliss-reactive ketones (excluding diaryl/α,β-unsaturated/α-hetero) is 2. The molecular formula is C35H28F2N6O4S. The van der Waals surface area contributed by atoms with Crippen LogP contribution >= 0.6 is 11.3 Å². The maximum atomic E-state index is 13.2. The first kappa shape index (κ1) is 33.5. The fourth-order valence-electron chi connectivity index (χ4n) is 4.15. The summed E-state index contributed by atoms with van der Waals surface area (Å²) in [5, 5.41) is 1.58. The van der Waals surface area contributed by atoms with Gasteiger partial charge in [0, 0.05) is 67.5 Å². The van der Waals surface area contributed by atoms with Crippen LogP contribution in [0.25, 0.3) is 0 Å². The third-order valence-corrected chi connectivity index (χ3v) is 7.26. The minimum Gasteiger partial charge on any atom is -0.456 e. The number of aromatic nitrogens is 6. The molecule has 0 bridgehead atoms. The van der Waals surface area contributed by atoms with E-state index in [4.69, 9.17) is 9.47 Å². The van der Waals surface area contributed by atoms with E-state index in [1.165, 1.54) is 17.6 Å². The van der Waals surface area contributed by atoms with Crippen LogP contribution in [0.3, 0.4) is 0 Å². The Morgan fingerprint density at radius 3 is 1.79 bits per heavy atom. The summed E-state index contributed by atoms with van der Waals surface area (Å²) in [5.41, 5.74) is 2.03. The Morgan fingerprint density at radius 1 is 0.729 bits per heavy atom. The highest BCUT2D eigenvalue weighted by Gasteiger charge is 2.28. The van der Waals surface area contributed by atoms with Gasteiger partial charge in [0.15, 0.2) is 11.6 Å². The Labute approximate surface area is 278 Å². The number of aryl methyl sites for hydroxylation is 1. The van der Waals surface area contributed by atoms with Gasteiger partial charge in [-0.15, -0.1) is 11.3 Å². The first-order valence-electron chi connectivity index (χ1n) is 14.5. The van der Waals surface area contributed by atoms with Crippen molar-refractivity contribution in [1.82, 2.24) is 29.9 Å². The highest BCUT2D eigenvalue weighted by atomic mass is 32.1. The van der Waals surface area contributed by atoms with Crippen molar-refractivity contribution in [3.63, 3.8) is 0 Å². The van der Waals surface area contributed by atoms with Crippen molar-refractivity contribution in [3.8, 4) is 23.0 Å². The molecule has 0 N–H and O–H groups in total. The monoisotopic (exact) mass is 666 g/mol. The van der Waals surface area contributed by atoms with Crippen molar-refractivity contribution >= 4 is 22.9 Å². The van der Waals surface area contributed by atoms with E-state index in [9.17, 15) is 18.4 Å². The Bertz CT molecular complexity index is 1990. The van der Waals surface area contributed by atoms with Crippen molar-refractivity contribution in [3.05, 3.63) is 143 Å². The van der Waals surface area contributed by atoms with Gasteiger partial charge in [-0.1, -0.05) is 0 Å². The van der Waals surface area contributed by atoms with Crippen LogP contribution in [0.15, 0.2) is 109 Å². The summed E-state index contributed by atoms with van der Waals surface area (Å²) in [6, 6.07) is 17.2. The average Bonchev–Trinajstić information content (AvgIpc) is 3.56. The largest absolute Gasteiger partial charge is 0.456 e. The average molecular weight is 667 g/mol. The van der Waals surface area contributed by atoms with Crippen LogP contribution in [-0.2, 0) is 18.8 Å². The molecule has 0 amide bonds. The quantitative estimate of drug-likeness (QED) is 0.127. The van der Waals surface area contributed by atoms with Gasteiger partial charge < -0.3 is 9.47 Å². The summed E-state index contributed by atoms with van der Waals surface area (Å²) in [7, 11) is 0. The molecule has 6 rings (SSSR count). The van der Waals surface area contributed by atoms with Crippen LogP contribution in [0.1, 0.15) is 49.9 Å². The Balaban J connectivity index is 0.000000188. The number of thiazole rings is 1. The third kappa shape index (κ3) is 9.84. The van der Waals surface area contributed by atoms with Crippen LogP contribution in [0.5, 0.6) is 23.0 Å². The van der Waals surface area contributed by atoms with Crippen molar-refractivity contribution in [2.75, 3.05) is 0 Å². The molecule has 242 valence electrons. The molecule has 10 nitrogen and oxygen atoms in total. The van der Waals surface area contributed by atoms with Gasteiger partial charge in [-0.3, -0.25) is 34.5 Å². The van der Waals surface area contributed by atoms with Crippen LogP contribution in [0, 0.1) is 6.92 Å². The molecule has 0 saturated heterocycles. The molecule has 48 heavy (non-hydrogen) atoms. The Morgan fingerprint density at radius 2 is 1.29 bits per heavy atom. The first-order valence-corrected chi connectivity index (χ1v) is 15.4. The molecule has 0 fully saturated rings. The van der Waals surface area contributed by atoms with E-state index in [-0.39, 0.29) is 35.8 Å². The van der Waals surface area contributed by atoms with Gasteiger partial charge in [0.05, 0.1) is 18.8 Å². The van der Waals surface area contributed by atoms with Crippen molar-refractivity contribution < 1.29 is 27.8 Å². The molecule has 0 radical (unpaired) electrons. The zero-order valence-electron chi connectivity index (χ0n) is 25.8. The number of nitrogens with zero attached hydrogens (tertiary/aromatic N) is 6. The summed E-state index contributed by atoms with van der Waals surface area (Å²) >= 11 is 1.03. The van der Waals surface area contributed by atoms with Crippen LogP contribution < -0.4 is 9.47 Å². The van der Waals surface area contributed by atoms with Gasteiger partial charge in [-0.2, -0.15) is 8.78 Å². The molecule has 0 unspecified atom stereocenters. The predicted molar refractivity (Wildman–Crippen MR) is 174 cm³/mol. The Kier molecular flexibility index (Phi) is 10.9. The van der Waals surface area contributed by atoms with E-state index in [0.29, 0.717) is 33.7 Å². The second-order valence-electron chi connectivity index (χ2n) is 10.4. The van der Waals surface area contributed by atoms with E-state index in [2.05, 4.69) is 29.9 Å². The van der Waals surface area contributed by atoms with Gasteiger partial charge in [0.25, 0.3) is 5.92 Å². The molecule has 0 aliphatic heterocycles. The summed E-state index contributed by atoms with van der Waals surface area (Å²) < 4.78 is 37.7. The normalized spacial score (nSPS) is 10.8. The van der Waals surface area contributed by atoms with Crippen LogP contribution in [-0.4, -0.2) is 41.5 Å². The maximum absolute atomic E-state index is 13.2. The smallest absolute Gasteiger partial charge is 0.287 e. The second-order valence-corrected chi connectivity index (χ2v) is 11.3. The van der Waals surface area contributed by atoms with Crippen molar-refractivity contribution in [2.45, 2.75) is 32.6 Å². The van der Waals surface area contributed by atoms with Gasteiger partial charge in [-0.25, -0.2) is 4.98 Å². The summed E-state index contributed by atoms with van der Waals surface area (Å²) in [6.07, 6.45) is 11.4. The van der Waals surface area contributed by atoms with Crippen LogP contribution in [0.4, 0.5) is 8.78 Å².